The lowest BCUT2D eigenvalue weighted by molar-refractivity contribution is -0.121. The minimum absolute atomic E-state index is 0.0488. The molecule has 128 valence electrons. The largest absolute Gasteiger partial charge is 0.349 e. The summed E-state index contributed by atoms with van der Waals surface area (Å²) >= 11 is 0. The van der Waals surface area contributed by atoms with E-state index in [1.54, 1.807) is 6.92 Å². The summed E-state index contributed by atoms with van der Waals surface area (Å²) in [6.07, 6.45) is 0.411. The highest BCUT2D eigenvalue weighted by Gasteiger charge is 2.14. The van der Waals surface area contributed by atoms with Crippen LogP contribution in [0.2, 0.25) is 0 Å². The van der Waals surface area contributed by atoms with E-state index in [2.05, 4.69) is 15.6 Å². The Morgan fingerprint density at radius 2 is 1.72 bits per heavy atom. The fourth-order valence-electron chi connectivity index (χ4n) is 2.61. The summed E-state index contributed by atoms with van der Waals surface area (Å²) in [6, 6.07) is 16.9. The Kier molecular flexibility index (Phi) is 5.09. The summed E-state index contributed by atoms with van der Waals surface area (Å²) in [4.78, 5) is 28.5. The number of hydrogen-bond donors (Lipinski definition) is 2. The number of carbonyl (C=O) groups is 2. The molecule has 0 radical (unpaired) electrons. The van der Waals surface area contributed by atoms with Crippen LogP contribution in [0.5, 0.6) is 0 Å². The molecule has 3 rings (SSSR count). The molecular formula is C19H20N4O2. The van der Waals surface area contributed by atoms with Crippen LogP contribution in [0.25, 0.3) is 11.0 Å². The summed E-state index contributed by atoms with van der Waals surface area (Å²) in [5.74, 6) is 0.468. The van der Waals surface area contributed by atoms with Crippen LogP contribution in [-0.4, -0.2) is 21.4 Å². The molecule has 0 unspecified atom stereocenters. The van der Waals surface area contributed by atoms with Gasteiger partial charge in [-0.2, -0.15) is 0 Å². The monoisotopic (exact) mass is 336 g/mol. The van der Waals surface area contributed by atoms with Crippen molar-refractivity contribution in [2.45, 2.75) is 26.4 Å². The second kappa shape index (κ2) is 7.61. The van der Waals surface area contributed by atoms with Gasteiger partial charge in [0.25, 0.3) is 0 Å². The van der Waals surface area contributed by atoms with Crippen molar-refractivity contribution >= 4 is 28.5 Å². The van der Waals surface area contributed by atoms with Crippen LogP contribution in [0.15, 0.2) is 54.6 Å². The van der Waals surface area contributed by atoms with Crippen molar-refractivity contribution in [1.29, 1.82) is 0 Å². The van der Waals surface area contributed by atoms with Crippen LogP contribution in [0.3, 0.4) is 0 Å². The van der Waals surface area contributed by atoms with Crippen molar-refractivity contribution in [3.63, 3.8) is 0 Å². The molecule has 2 aromatic carbocycles. The maximum absolute atomic E-state index is 12.4. The molecule has 0 aliphatic carbocycles. The number of rotatable bonds is 6. The number of nitrogens with zero attached hydrogens (tertiary/aromatic N) is 2. The lowest BCUT2D eigenvalue weighted by Gasteiger charge is -2.10. The third kappa shape index (κ3) is 4.03. The molecular weight excluding hydrogens is 316 g/mol. The van der Waals surface area contributed by atoms with Crippen LogP contribution in [0, 0.1) is 0 Å². The van der Waals surface area contributed by atoms with E-state index in [4.69, 9.17) is 0 Å². The lowest BCUT2D eigenvalue weighted by Crippen LogP contribution is -2.26. The number of aromatic nitrogens is 2. The van der Waals surface area contributed by atoms with Crippen molar-refractivity contribution in [3.8, 4) is 0 Å². The normalized spacial score (nSPS) is 10.6. The Morgan fingerprint density at radius 3 is 2.48 bits per heavy atom. The number of imidazole rings is 1. The maximum Gasteiger partial charge on any atom is 0.244 e. The zero-order chi connectivity index (χ0) is 17.6. The predicted octanol–water partition coefficient (Wildman–Crippen LogP) is 2.70. The minimum Gasteiger partial charge on any atom is -0.349 e. The number of hydrogen-bond acceptors (Lipinski definition) is 3. The van der Waals surface area contributed by atoms with Crippen molar-refractivity contribution in [2.75, 3.05) is 5.32 Å². The molecule has 0 aliphatic rings. The van der Waals surface area contributed by atoms with Crippen molar-refractivity contribution in [2.24, 2.45) is 0 Å². The first-order chi connectivity index (χ1) is 12.2. The maximum atomic E-state index is 12.4. The molecule has 1 aromatic heterocycles. The van der Waals surface area contributed by atoms with Gasteiger partial charge in [-0.25, -0.2) is 4.98 Å². The van der Waals surface area contributed by atoms with Crippen LogP contribution >= 0.6 is 0 Å². The Bertz CT molecular complexity index is 887. The van der Waals surface area contributed by atoms with Gasteiger partial charge >= 0.3 is 0 Å². The number of para-hydroxylation sites is 3. The first kappa shape index (κ1) is 16.7. The molecule has 0 fully saturated rings. The Morgan fingerprint density at radius 1 is 1.00 bits per heavy atom. The smallest absolute Gasteiger partial charge is 0.244 e. The second-order valence-corrected chi connectivity index (χ2v) is 5.65. The molecule has 0 atom stereocenters. The summed E-state index contributed by atoms with van der Waals surface area (Å²) in [5, 5.41) is 5.69. The van der Waals surface area contributed by atoms with E-state index in [0.717, 1.165) is 16.7 Å². The molecule has 6 nitrogen and oxygen atoms in total. The summed E-state index contributed by atoms with van der Waals surface area (Å²) in [5.41, 5.74) is 2.42. The van der Waals surface area contributed by atoms with Crippen LogP contribution in [0.1, 0.15) is 19.2 Å². The van der Waals surface area contributed by atoms with Gasteiger partial charge in [0, 0.05) is 12.1 Å². The standard InChI is InChI=1S/C19H20N4O2/c1-2-18(24)20-12-17-22-15-10-6-7-11-16(15)23(17)13-19(25)21-14-8-4-3-5-9-14/h3-11H,2,12-13H2,1H3,(H,20,24)(H,21,25). The molecule has 25 heavy (non-hydrogen) atoms. The molecule has 6 heteroatoms. The second-order valence-electron chi connectivity index (χ2n) is 5.65. The number of nitrogens with one attached hydrogen (secondary N) is 2. The summed E-state index contributed by atoms with van der Waals surface area (Å²) in [6.45, 7) is 2.22. The van der Waals surface area contributed by atoms with Gasteiger partial charge in [0.05, 0.1) is 17.6 Å². The highest BCUT2D eigenvalue weighted by atomic mass is 16.2. The fraction of sp³-hybridized carbons (Fsp3) is 0.211. The van der Waals surface area contributed by atoms with E-state index in [-0.39, 0.29) is 18.4 Å². The number of amides is 2. The third-order valence-corrected chi connectivity index (χ3v) is 3.86. The average molecular weight is 336 g/mol. The molecule has 0 saturated carbocycles. The third-order valence-electron chi connectivity index (χ3n) is 3.86. The molecule has 0 aliphatic heterocycles. The lowest BCUT2D eigenvalue weighted by atomic mass is 10.3. The van der Waals surface area contributed by atoms with Gasteiger partial charge in [-0.1, -0.05) is 37.3 Å². The molecule has 2 N–H and O–H groups in total. The van der Waals surface area contributed by atoms with E-state index < -0.39 is 0 Å². The average Bonchev–Trinajstić information content (AvgIpc) is 2.98. The zero-order valence-electron chi connectivity index (χ0n) is 14.0. The zero-order valence-corrected chi connectivity index (χ0v) is 14.0. The fourth-order valence-corrected chi connectivity index (χ4v) is 2.61. The molecule has 0 spiro atoms. The van der Waals surface area contributed by atoms with Crippen molar-refractivity contribution < 1.29 is 9.59 Å². The van der Waals surface area contributed by atoms with E-state index in [0.29, 0.717) is 18.8 Å². The van der Waals surface area contributed by atoms with E-state index in [1.807, 2.05) is 59.2 Å². The van der Waals surface area contributed by atoms with Gasteiger partial charge < -0.3 is 15.2 Å². The van der Waals surface area contributed by atoms with Crippen LogP contribution in [-0.2, 0) is 22.7 Å². The number of fused-ring (bicyclic) bond motifs is 1. The van der Waals surface area contributed by atoms with Gasteiger partial charge in [0.2, 0.25) is 11.8 Å². The first-order valence-corrected chi connectivity index (χ1v) is 8.23. The van der Waals surface area contributed by atoms with Crippen LogP contribution < -0.4 is 10.6 Å². The summed E-state index contributed by atoms with van der Waals surface area (Å²) < 4.78 is 1.84. The molecule has 0 saturated heterocycles. The quantitative estimate of drug-likeness (QED) is 0.727. The molecule has 1 heterocycles. The topological polar surface area (TPSA) is 76.0 Å². The Labute approximate surface area is 145 Å². The van der Waals surface area contributed by atoms with Crippen molar-refractivity contribution in [3.05, 3.63) is 60.4 Å². The van der Waals surface area contributed by atoms with Crippen molar-refractivity contribution in [1.82, 2.24) is 14.9 Å². The van der Waals surface area contributed by atoms with Gasteiger partial charge in [0.1, 0.15) is 12.4 Å². The van der Waals surface area contributed by atoms with Gasteiger partial charge in [0.15, 0.2) is 0 Å². The number of benzene rings is 2. The SMILES string of the molecule is CCC(=O)NCc1nc2ccccc2n1CC(=O)Nc1ccccc1. The van der Waals surface area contributed by atoms with E-state index in [1.165, 1.54) is 0 Å². The predicted molar refractivity (Wildman–Crippen MR) is 96.9 cm³/mol. The Balaban J connectivity index is 1.82. The number of carbonyl (C=O) groups excluding carboxylic acids is 2. The first-order valence-electron chi connectivity index (χ1n) is 8.23. The molecule has 2 amide bonds. The molecule has 0 bridgehead atoms. The summed E-state index contributed by atoms with van der Waals surface area (Å²) in [7, 11) is 0. The van der Waals surface area contributed by atoms with Crippen LogP contribution in [0.4, 0.5) is 5.69 Å². The highest BCUT2D eigenvalue weighted by molar-refractivity contribution is 5.91. The van der Waals surface area contributed by atoms with E-state index >= 15 is 0 Å². The van der Waals surface area contributed by atoms with Gasteiger partial charge in [-0.15, -0.1) is 0 Å². The van der Waals surface area contributed by atoms with E-state index in [9.17, 15) is 9.59 Å². The minimum atomic E-state index is -0.141. The van der Waals surface area contributed by atoms with Gasteiger partial charge in [-0.05, 0) is 24.3 Å². The number of anilines is 1. The van der Waals surface area contributed by atoms with Gasteiger partial charge in [-0.3, -0.25) is 9.59 Å². The highest BCUT2D eigenvalue weighted by Crippen LogP contribution is 2.16. The molecule has 3 aromatic rings. The Hall–Kier alpha value is -3.15.